The number of aliphatic imine (C=N–C) groups is 1. The first-order valence-electron chi connectivity index (χ1n) is 9.12. The Balaban J connectivity index is 1.84. The summed E-state index contributed by atoms with van der Waals surface area (Å²) in [6.45, 7) is 4.58. The molecule has 1 aliphatic carbocycles. The third-order valence-electron chi connectivity index (χ3n) is 5.22. The van der Waals surface area contributed by atoms with Gasteiger partial charge in [-0.05, 0) is 11.1 Å². The minimum absolute atomic E-state index is 0.0554. The molecule has 0 bridgehead atoms. The average molecular weight is 338 g/mol. The molecule has 0 amide bonds. The smallest absolute Gasteiger partial charge is 0.0782 e. The van der Waals surface area contributed by atoms with E-state index in [0.717, 1.165) is 16.8 Å². The van der Waals surface area contributed by atoms with Crippen molar-refractivity contribution in [3.8, 4) is 0 Å². The molecule has 0 radical (unpaired) electrons. The molecule has 3 aromatic carbocycles. The van der Waals surface area contributed by atoms with E-state index in [9.17, 15) is 0 Å². The third-order valence-corrected chi connectivity index (χ3v) is 5.22. The van der Waals surface area contributed by atoms with Crippen LogP contribution in [0.1, 0.15) is 36.1 Å². The summed E-state index contributed by atoms with van der Waals surface area (Å²) in [7, 11) is 0. The number of hydrogen-bond acceptors (Lipinski definition) is 1. The van der Waals surface area contributed by atoms with E-state index in [0.29, 0.717) is 0 Å². The molecule has 1 heteroatoms. The molecule has 4 rings (SSSR count). The molecule has 0 saturated heterocycles. The predicted octanol–water partition coefficient (Wildman–Crippen LogP) is 5.90. The zero-order chi connectivity index (χ0) is 18.0. The largest absolute Gasteiger partial charge is 0.276 e. The van der Waals surface area contributed by atoms with E-state index in [1.165, 1.54) is 11.1 Å². The van der Waals surface area contributed by atoms with Gasteiger partial charge in [-0.3, -0.25) is 4.99 Å². The maximum Gasteiger partial charge on any atom is 0.0782 e. The monoisotopic (exact) mass is 338 g/mol. The molecular formula is C25H23N. The van der Waals surface area contributed by atoms with Crippen molar-refractivity contribution in [1.29, 1.82) is 0 Å². The molecule has 1 nitrogen and oxygen atoms in total. The second-order valence-corrected chi connectivity index (χ2v) is 7.32. The summed E-state index contributed by atoms with van der Waals surface area (Å²) in [5, 5.41) is 0. The van der Waals surface area contributed by atoms with Crippen molar-refractivity contribution < 1.29 is 0 Å². The minimum atomic E-state index is -0.0554. The molecule has 0 heterocycles. The molecule has 0 spiro atoms. The van der Waals surface area contributed by atoms with Gasteiger partial charge in [0, 0.05) is 16.5 Å². The first kappa shape index (κ1) is 16.5. The lowest BCUT2D eigenvalue weighted by Crippen LogP contribution is -2.34. The lowest BCUT2D eigenvalue weighted by Gasteiger charge is -2.35. The summed E-state index contributed by atoms with van der Waals surface area (Å²) in [6, 6.07) is 29.7. The molecule has 0 aromatic heterocycles. The first-order valence-corrected chi connectivity index (χ1v) is 9.12. The van der Waals surface area contributed by atoms with E-state index < -0.39 is 0 Å². The number of nitrogens with zero attached hydrogens (tertiary/aromatic N) is 1. The first-order chi connectivity index (χ1) is 12.7. The van der Waals surface area contributed by atoms with Crippen molar-refractivity contribution in [2.45, 2.75) is 25.3 Å². The Kier molecular flexibility index (Phi) is 4.30. The highest BCUT2D eigenvalue weighted by atomic mass is 15.5. The SMILES string of the molecule is CC1(C)c2ccccc2C=CC1[15N]=C(c1ccccc1)c1ccccc1. The van der Waals surface area contributed by atoms with Gasteiger partial charge in [-0.1, -0.05) is 111 Å². The Morgan fingerprint density at radius 3 is 1.88 bits per heavy atom. The van der Waals surface area contributed by atoms with Crippen LogP contribution in [0, 0.1) is 0 Å². The molecule has 1 unspecified atom stereocenters. The molecular weight excluding hydrogens is 315 g/mol. The molecule has 26 heavy (non-hydrogen) atoms. The second kappa shape index (κ2) is 6.76. The van der Waals surface area contributed by atoms with Gasteiger partial charge in [0.15, 0.2) is 0 Å². The summed E-state index contributed by atoms with van der Waals surface area (Å²) in [5.41, 5.74) is 5.96. The van der Waals surface area contributed by atoms with Crippen molar-refractivity contribution in [3.63, 3.8) is 0 Å². The zero-order valence-electron chi connectivity index (χ0n) is 15.3. The minimum Gasteiger partial charge on any atom is -0.276 e. The molecule has 1 atom stereocenters. The van der Waals surface area contributed by atoms with Crippen LogP contribution in [0.5, 0.6) is 0 Å². The van der Waals surface area contributed by atoms with Gasteiger partial charge in [-0.2, -0.15) is 0 Å². The normalized spacial score (nSPS) is 17.4. The Bertz CT molecular complexity index is 908. The quantitative estimate of drug-likeness (QED) is 0.416. The Morgan fingerprint density at radius 2 is 1.27 bits per heavy atom. The van der Waals surface area contributed by atoms with Crippen LogP contribution in [0.2, 0.25) is 0 Å². The van der Waals surface area contributed by atoms with E-state index in [4.69, 9.17) is 4.99 Å². The van der Waals surface area contributed by atoms with Crippen molar-refractivity contribution in [2.24, 2.45) is 4.99 Å². The van der Waals surface area contributed by atoms with Gasteiger partial charge in [0.1, 0.15) is 0 Å². The van der Waals surface area contributed by atoms with Crippen LogP contribution in [-0.2, 0) is 5.41 Å². The van der Waals surface area contributed by atoms with Crippen LogP contribution in [0.4, 0.5) is 0 Å². The standard InChI is InChI=1S/C25H23N/c1-25(2)22-16-10-9-11-19(22)17-18-23(25)26-24(20-12-5-3-6-13-20)21-14-7-4-8-15-21/h3-18,23H,1-2H3/i26+1. The average Bonchev–Trinajstić information content (AvgIpc) is 2.69. The Hall–Kier alpha value is -2.93. The van der Waals surface area contributed by atoms with Crippen molar-refractivity contribution in [1.82, 2.24) is 0 Å². The number of hydrogen-bond donors (Lipinski definition) is 0. The molecule has 128 valence electrons. The van der Waals surface area contributed by atoms with Crippen molar-refractivity contribution >= 4 is 11.8 Å². The van der Waals surface area contributed by atoms with Gasteiger partial charge in [0.25, 0.3) is 0 Å². The van der Waals surface area contributed by atoms with Crippen molar-refractivity contribution in [3.05, 3.63) is 113 Å². The summed E-state index contributed by atoms with van der Waals surface area (Å²) >= 11 is 0. The number of rotatable bonds is 3. The number of benzene rings is 3. The van der Waals surface area contributed by atoms with Crippen molar-refractivity contribution in [2.75, 3.05) is 0 Å². The molecule has 0 fully saturated rings. The van der Waals surface area contributed by atoms with E-state index in [1.54, 1.807) is 0 Å². The van der Waals surface area contributed by atoms with E-state index in [-0.39, 0.29) is 11.5 Å². The van der Waals surface area contributed by atoms with E-state index >= 15 is 0 Å². The van der Waals surface area contributed by atoms with Crippen LogP contribution in [0.15, 0.2) is 96.0 Å². The third kappa shape index (κ3) is 3.01. The molecule has 1 aliphatic rings. The fourth-order valence-electron chi connectivity index (χ4n) is 3.68. The van der Waals surface area contributed by atoms with Crippen LogP contribution in [0.25, 0.3) is 6.08 Å². The highest BCUT2D eigenvalue weighted by Crippen LogP contribution is 2.37. The van der Waals surface area contributed by atoms with Gasteiger partial charge in [-0.15, -0.1) is 0 Å². The maximum absolute atomic E-state index is 5.26. The molecule has 3 aromatic rings. The Morgan fingerprint density at radius 1 is 0.731 bits per heavy atom. The highest BCUT2D eigenvalue weighted by molar-refractivity contribution is 6.13. The topological polar surface area (TPSA) is 12.4 Å². The van der Waals surface area contributed by atoms with Crippen LogP contribution in [0.3, 0.4) is 0 Å². The van der Waals surface area contributed by atoms with Crippen LogP contribution in [-0.4, -0.2) is 11.8 Å². The van der Waals surface area contributed by atoms with Gasteiger partial charge in [0.05, 0.1) is 11.8 Å². The van der Waals surface area contributed by atoms with Gasteiger partial charge in [-0.25, -0.2) is 0 Å². The lowest BCUT2D eigenvalue weighted by atomic mass is 9.73. The Labute approximate surface area is 155 Å². The molecule has 0 N–H and O–H groups in total. The molecule has 0 saturated carbocycles. The van der Waals surface area contributed by atoms with Gasteiger partial charge >= 0.3 is 0 Å². The summed E-state index contributed by atoms with van der Waals surface area (Å²) < 4.78 is 0. The second-order valence-electron chi connectivity index (χ2n) is 7.32. The fraction of sp³-hybridized carbons (Fsp3) is 0.160. The molecule has 0 aliphatic heterocycles. The summed E-state index contributed by atoms with van der Waals surface area (Å²) in [5.74, 6) is 0. The fourth-order valence-corrected chi connectivity index (χ4v) is 3.68. The van der Waals surface area contributed by atoms with E-state index in [2.05, 4.69) is 98.8 Å². The maximum atomic E-state index is 5.26. The number of fused-ring (bicyclic) bond motifs is 1. The summed E-state index contributed by atoms with van der Waals surface area (Å²) in [4.78, 5) is 5.26. The lowest BCUT2D eigenvalue weighted by molar-refractivity contribution is 0.464. The highest BCUT2D eigenvalue weighted by Gasteiger charge is 2.34. The van der Waals surface area contributed by atoms with Crippen LogP contribution >= 0.6 is 0 Å². The predicted molar refractivity (Wildman–Crippen MR) is 111 cm³/mol. The zero-order valence-corrected chi connectivity index (χ0v) is 15.3. The summed E-state index contributed by atoms with van der Waals surface area (Å²) in [6.07, 6.45) is 4.45. The van der Waals surface area contributed by atoms with Gasteiger partial charge in [0.2, 0.25) is 0 Å². The van der Waals surface area contributed by atoms with Crippen LogP contribution < -0.4 is 0 Å². The van der Waals surface area contributed by atoms with E-state index in [1.807, 2.05) is 12.1 Å². The van der Waals surface area contributed by atoms with Gasteiger partial charge < -0.3 is 0 Å².